The van der Waals surface area contributed by atoms with Crippen LogP contribution in [-0.2, 0) is 16.0 Å². The standard InChI is InChI=1S/C17H24N2O3/c1-12(21)18-15-6-2-13(3-7-15)10-17(22)19-16-8-4-14(11-20)5-9-16/h2-3,6-7,14,16,20H,4-5,8-11H2,1H3,(H,18,21)(H,19,22). The van der Waals surface area contributed by atoms with Gasteiger partial charge < -0.3 is 15.7 Å². The fourth-order valence-electron chi connectivity index (χ4n) is 2.86. The van der Waals surface area contributed by atoms with Crippen molar-refractivity contribution in [1.82, 2.24) is 5.32 Å². The molecule has 0 aromatic heterocycles. The smallest absolute Gasteiger partial charge is 0.224 e. The molecule has 3 N–H and O–H groups in total. The Morgan fingerprint density at radius 2 is 1.77 bits per heavy atom. The highest BCUT2D eigenvalue weighted by Crippen LogP contribution is 2.23. The van der Waals surface area contributed by atoms with E-state index in [1.54, 1.807) is 12.1 Å². The van der Waals surface area contributed by atoms with Gasteiger partial charge in [0.25, 0.3) is 0 Å². The largest absolute Gasteiger partial charge is 0.396 e. The zero-order chi connectivity index (χ0) is 15.9. The van der Waals surface area contributed by atoms with Crippen molar-refractivity contribution in [2.45, 2.75) is 45.1 Å². The highest BCUT2D eigenvalue weighted by atomic mass is 16.3. The first-order valence-corrected chi connectivity index (χ1v) is 7.83. The molecule has 0 aliphatic heterocycles. The first-order chi connectivity index (χ1) is 10.6. The summed E-state index contributed by atoms with van der Waals surface area (Å²) in [5.41, 5.74) is 1.66. The predicted octanol–water partition coefficient (Wildman–Crippen LogP) is 1.85. The zero-order valence-electron chi connectivity index (χ0n) is 13.0. The number of carbonyl (C=O) groups is 2. The van der Waals surface area contributed by atoms with Crippen LogP contribution in [0.3, 0.4) is 0 Å². The molecule has 1 aromatic carbocycles. The lowest BCUT2D eigenvalue weighted by molar-refractivity contribution is -0.121. The average Bonchev–Trinajstić information content (AvgIpc) is 2.49. The number of nitrogens with one attached hydrogen (secondary N) is 2. The molecule has 1 fully saturated rings. The quantitative estimate of drug-likeness (QED) is 0.777. The Morgan fingerprint density at radius 3 is 2.32 bits per heavy atom. The van der Waals surface area contributed by atoms with Crippen LogP contribution in [0.25, 0.3) is 0 Å². The van der Waals surface area contributed by atoms with Crippen molar-refractivity contribution in [3.63, 3.8) is 0 Å². The maximum absolute atomic E-state index is 12.1. The topological polar surface area (TPSA) is 78.4 Å². The van der Waals surface area contributed by atoms with Gasteiger partial charge in [-0.25, -0.2) is 0 Å². The molecule has 1 aromatic rings. The Balaban J connectivity index is 1.78. The fourth-order valence-corrected chi connectivity index (χ4v) is 2.86. The second-order valence-corrected chi connectivity index (χ2v) is 6.02. The van der Waals surface area contributed by atoms with Crippen LogP contribution in [0.15, 0.2) is 24.3 Å². The van der Waals surface area contributed by atoms with Gasteiger partial charge in [-0.05, 0) is 49.3 Å². The molecular formula is C17H24N2O3. The third-order valence-electron chi connectivity index (χ3n) is 4.11. The Morgan fingerprint density at radius 1 is 1.14 bits per heavy atom. The second kappa shape index (κ2) is 7.94. The molecule has 2 rings (SSSR count). The maximum Gasteiger partial charge on any atom is 0.224 e. The molecule has 1 aliphatic carbocycles. The Bertz CT molecular complexity index is 505. The number of aliphatic hydroxyl groups is 1. The monoisotopic (exact) mass is 304 g/mol. The van der Waals surface area contributed by atoms with Crippen LogP contribution in [0.1, 0.15) is 38.2 Å². The van der Waals surface area contributed by atoms with Gasteiger partial charge in [0.15, 0.2) is 0 Å². The van der Waals surface area contributed by atoms with Crippen molar-refractivity contribution in [2.24, 2.45) is 5.92 Å². The predicted molar refractivity (Wildman–Crippen MR) is 85.4 cm³/mol. The highest BCUT2D eigenvalue weighted by Gasteiger charge is 2.21. The molecule has 0 heterocycles. The van der Waals surface area contributed by atoms with Crippen molar-refractivity contribution < 1.29 is 14.7 Å². The van der Waals surface area contributed by atoms with Crippen molar-refractivity contribution in [3.8, 4) is 0 Å². The van der Waals surface area contributed by atoms with Gasteiger partial charge >= 0.3 is 0 Å². The Kier molecular flexibility index (Phi) is 5.95. The molecule has 0 saturated heterocycles. The number of hydrogen-bond donors (Lipinski definition) is 3. The molecule has 22 heavy (non-hydrogen) atoms. The Hall–Kier alpha value is -1.88. The summed E-state index contributed by atoms with van der Waals surface area (Å²) in [6.45, 7) is 1.72. The fraction of sp³-hybridized carbons (Fsp3) is 0.529. The van der Waals surface area contributed by atoms with Gasteiger partial charge in [0, 0.05) is 25.3 Å². The number of anilines is 1. The summed E-state index contributed by atoms with van der Waals surface area (Å²) in [6.07, 6.45) is 4.19. The number of benzene rings is 1. The van der Waals surface area contributed by atoms with E-state index in [0.717, 1.165) is 36.9 Å². The summed E-state index contributed by atoms with van der Waals surface area (Å²) in [6, 6.07) is 7.54. The maximum atomic E-state index is 12.1. The van der Waals surface area contributed by atoms with Crippen molar-refractivity contribution in [3.05, 3.63) is 29.8 Å². The van der Waals surface area contributed by atoms with E-state index >= 15 is 0 Å². The molecule has 0 spiro atoms. The van der Waals surface area contributed by atoms with E-state index in [-0.39, 0.29) is 24.5 Å². The Labute approximate surface area is 131 Å². The normalized spacial score (nSPS) is 21.2. The molecule has 0 atom stereocenters. The van der Waals surface area contributed by atoms with E-state index in [1.165, 1.54) is 6.92 Å². The minimum atomic E-state index is -0.107. The lowest BCUT2D eigenvalue weighted by Crippen LogP contribution is -2.38. The van der Waals surface area contributed by atoms with Crippen LogP contribution in [0.4, 0.5) is 5.69 Å². The summed E-state index contributed by atoms with van der Waals surface area (Å²) < 4.78 is 0. The third-order valence-corrected chi connectivity index (χ3v) is 4.11. The van der Waals surface area contributed by atoms with Crippen molar-refractivity contribution in [2.75, 3.05) is 11.9 Å². The SMILES string of the molecule is CC(=O)Nc1ccc(CC(=O)NC2CCC(CO)CC2)cc1. The molecule has 120 valence electrons. The molecule has 1 saturated carbocycles. The lowest BCUT2D eigenvalue weighted by atomic mass is 9.86. The molecule has 2 amide bonds. The first kappa shape index (κ1) is 16.5. The molecule has 0 unspecified atom stereocenters. The van der Waals surface area contributed by atoms with Crippen molar-refractivity contribution >= 4 is 17.5 Å². The van der Waals surface area contributed by atoms with Crippen molar-refractivity contribution in [1.29, 1.82) is 0 Å². The number of rotatable bonds is 5. The lowest BCUT2D eigenvalue weighted by Gasteiger charge is -2.28. The summed E-state index contributed by atoms with van der Waals surface area (Å²) in [4.78, 5) is 23.0. The van der Waals surface area contributed by atoms with Gasteiger partial charge in [-0.1, -0.05) is 12.1 Å². The van der Waals surface area contributed by atoms with Crippen LogP contribution in [-0.4, -0.2) is 29.6 Å². The van der Waals surface area contributed by atoms with Crippen LogP contribution < -0.4 is 10.6 Å². The molecule has 0 radical (unpaired) electrons. The number of carbonyl (C=O) groups excluding carboxylic acids is 2. The summed E-state index contributed by atoms with van der Waals surface area (Å²) in [7, 11) is 0. The number of hydrogen-bond acceptors (Lipinski definition) is 3. The molecule has 1 aliphatic rings. The first-order valence-electron chi connectivity index (χ1n) is 7.83. The average molecular weight is 304 g/mol. The van der Waals surface area contributed by atoms with Gasteiger partial charge in [0.1, 0.15) is 0 Å². The van der Waals surface area contributed by atoms with Gasteiger partial charge in [0.05, 0.1) is 6.42 Å². The van der Waals surface area contributed by atoms with Gasteiger partial charge in [-0.3, -0.25) is 9.59 Å². The molecular weight excluding hydrogens is 280 g/mol. The second-order valence-electron chi connectivity index (χ2n) is 6.02. The van der Waals surface area contributed by atoms with Gasteiger partial charge in [-0.2, -0.15) is 0 Å². The summed E-state index contributed by atoms with van der Waals surface area (Å²) in [5, 5.41) is 14.9. The van der Waals surface area contributed by atoms with Crippen LogP contribution >= 0.6 is 0 Å². The van der Waals surface area contributed by atoms with Gasteiger partial charge in [0.2, 0.25) is 11.8 Å². The highest BCUT2D eigenvalue weighted by molar-refractivity contribution is 5.88. The molecule has 0 bridgehead atoms. The van der Waals surface area contributed by atoms with E-state index < -0.39 is 0 Å². The van der Waals surface area contributed by atoms with E-state index in [1.807, 2.05) is 12.1 Å². The van der Waals surface area contributed by atoms with Crippen LogP contribution in [0.5, 0.6) is 0 Å². The van der Waals surface area contributed by atoms with E-state index in [4.69, 9.17) is 5.11 Å². The summed E-state index contributed by atoms with van der Waals surface area (Å²) >= 11 is 0. The van der Waals surface area contributed by atoms with Crippen LogP contribution in [0, 0.1) is 5.92 Å². The molecule has 5 heteroatoms. The van der Waals surface area contributed by atoms with Gasteiger partial charge in [-0.15, -0.1) is 0 Å². The summed E-state index contributed by atoms with van der Waals surface area (Å²) in [5.74, 6) is 0.318. The number of aliphatic hydroxyl groups excluding tert-OH is 1. The number of amides is 2. The van der Waals surface area contributed by atoms with E-state index in [2.05, 4.69) is 10.6 Å². The zero-order valence-corrected chi connectivity index (χ0v) is 13.0. The third kappa shape index (κ3) is 5.15. The minimum absolute atomic E-state index is 0.0275. The van der Waals surface area contributed by atoms with E-state index in [9.17, 15) is 9.59 Å². The van der Waals surface area contributed by atoms with Crippen LogP contribution in [0.2, 0.25) is 0 Å². The minimum Gasteiger partial charge on any atom is -0.396 e. The molecule has 5 nitrogen and oxygen atoms in total. The van der Waals surface area contributed by atoms with E-state index in [0.29, 0.717) is 12.3 Å².